The Morgan fingerprint density at radius 1 is 1.21 bits per heavy atom. The first-order valence-corrected chi connectivity index (χ1v) is 9.97. The fourth-order valence-electron chi connectivity index (χ4n) is 3.34. The molecule has 1 aliphatic heterocycles. The zero-order chi connectivity index (χ0) is 19.8. The van der Waals surface area contributed by atoms with Crippen molar-refractivity contribution < 1.29 is 14.1 Å². The highest BCUT2D eigenvalue weighted by Gasteiger charge is 2.14. The van der Waals surface area contributed by atoms with Crippen LogP contribution >= 0.6 is 0 Å². The van der Waals surface area contributed by atoms with Crippen LogP contribution in [0, 0.1) is 0 Å². The average Bonchev–Trinajstić information content (AvgIpc) is 3.05. The Morgan fingerprint density at radius 3 is 2.61 bits per heavy atom. The van der Waals surface area contributed by atoms with Crippen molar-refractivity contribution >= 4 is 6.03 Å². The van der Waals surface area contributed by atoms with Gasteiger partial charge in [0.25, 0.3) is 0 Å². The number of carbonyl (C=O) groups is 1. The van der Waals surface area contributed by atoms with Crippen molar-refractivity contribution in [3.05, 3.63) is 36.0 Å². The Bertz CT molecular complexity index is 736. The molecule has 28 heavy (non-hydrogen) atoms. The van der Waals surface area contributed by atoms with Gasteiger partial charge < -0.3 is 24.4 Å². The van der Waals surface area contributed by atoms with Crippen LogP contribution in [0.25, 0.3) is 11.3 Å². The number of aromatic nitrogens is 1. The van der Waals surface area contributed by atoms with Gasteiger partial charge in [-0.2, -0.15) is 0 Å². The molecule has 0 unspecified atom stereocenters. The number of benzene rings is 1. The quantitative estimate of drug-likeness (QED) is 0.790. The SMILES string of the molecule is COc1ccc(-c2cc(CNC(=O)N(C)CCN3CCCCCC3)no2)cc1. The zero-order valence-electron chi connectivity index (χ0n) is 16.8. The smallest absolute Gasteiger partial charge is 0.317 e. The number of ether oxygens (including phenoxy) is 1. The molecule has 2 heterocycles. The van der Waals surface area contributed by atoms with Gasteiger partial charge in [0.05, 0.1) is 13.7 Å². The van der Waals surface area contributed by atoms with Crippen LogP contribution in [-0.2, 0) is 6.54 Å². The summed E-state index contributed by atoms with van der Waals surface area (Å²) >= 11 is 0. The fraction of sp³-hybridized carbons (Fsp3) is 0.524. The summed E-state index contributed by atoms with van der Waals surface area (Å²) in [5.74, 6) is 1.46. The average molecular weight is 386 g/mol. The molecule has 0 atom stereocenters. The molecular formula is C21H30N4O3. The minimum Gasteiger partial charge on any atom is -0.497 e. The molecule has 1 aromatic heterocycles. The second kappa shape index (κ2) is 10.1. The zero-order valence-corrected chi connectivity index (χ0v) is 16.8. The van der Waals surface area contributed by atoms with Crippen molar-refractivity contribution in [1.82, 2.24) is 20.3 Å². The van der Waals surface area contributed by atoms with E-state index < -0.39 is 0 Å². The minimum absolute atomic E-state index is 0.0937. The van der Waals surface area contributed by atoms with E-state index in [1.54, 1.807) is 12.0 Å². The summed E-state index contributed by atoms with van der Waals surface area (Å²) in [6.45, 7) is 4.27. The van der Waals surface area contributed by atoms with E-state index in [0.717, 1.165) is 37.5 Å². The van der Waals surface area contributed by atoms with Gasteiger partial charge in [-0.3, -0.25) is 0 Å². The summed E-state index contributed by atoms with van der Waals surface area (Å²) in [6.07, 6.45) is 5.17. The Morgan fingerprint density at radius 2 is 1.93 bits per heavy atom. The lowest BCUT2D eigenvalue weighted by molar-refractivity contribution is 0.195. The van der Waals surface area contributed by atoms with Crippen LogP contribution in [0.5, 0.6) is 5.75 Å². The van der Waals surface area contributed by atoms with Gasteiger partial charge in [-0.1, -0.05) is 18.0 Å². The van der Waals surface area contributed by atoms with Crippen LogP contribution < -0.4 is 10.1 Å². The molecule has 152 valence electrons. The molecule has 7 heteroatoms. The van der Waals surface area contributed by atoms with E-state index in [2.05, 4.69) is 15.4 Å². The van der Waals surface area contributed by atoms with Crippen LogP contribution in [0.1, 0.15) is 31.4 Å². The predicted octanol–water partition coefficient (Wildman–Crippen LogP) is 3.37. The van der Waals surface area contributed by atoms with Crippen LogP contribution in [0.4, 0.5) is 4.79 Å². The molecule has 1 fully saturated rings. The number of hydrogen-bond donors (Lipinski definition) is 1. The Labute approximate surface area is 166 Å². The summed E-state index contributed by atoms with van der Waals surface area (Å²) in [7, 11) is 3.47. The first kappa shape index (κ1) is 20.2. The number of nitrogens with one attached hydrogen (secondary N) is 1. The number of urea groups is 1. The highest BCUT2D eigenvalue weighted by atomic mass is 16.5. The van der Waals surface area contributed by atoms with Crippen molar-refractivity contribution in [1.29, 1.82) is 0 Å². The van der Waals surface area contributed by atoms with Crippen molar-refractivity contribution in [2.24, 2.45) is 0 Å². The third-order valence-electron chi connectivity index (χ3n) is 5.15. The van der Waals surface area contributed by atoms with E-state index in [1.165, 1.54) is 25.7 Å². The number of hydrogen-bond acceptors (Lipinski definition) is 5. The second-order valence-corrected chi connectivity index (χ2v) is 7.25. The minimum atomic E-state index is -0.0937. The third kappa shape index (κ3) is 5.73. The van der Waals surface area contributed by atoms with E-state index in [9.17, 15) is 4.79 Å². The molecule has 7 nitrogen and oxygen atoms in total. The number of rotatable bonds is 7. The van der Waals surface area contributed by atoms with E-state index in [4.69, 9.17) is 9.26 Å². The topological polar surface area (TPSA) is 70.8 Å². The molecule has 0 saturated carbocycles. The molecule has 1 saturated heterocycles. The number of nitrogens with zero attached hydrogens (tertiary/aromatic N) is 3. The monoisotopic (exact) mass is 386 g/mol. The number of carbonyl (C=O) groups excluding carboxylic acids is 1. The first-order chi connectivity index (χ1) is 13.7. The molecular weight excluding hydrogens is 356 g/mol. The lowest BCUT2D eigenvalue weighted by atomic mass is 10.1. The maximum Gasteiger partial charge on any atom is 0.317 e. The van der Waals surface area contributed by atoms with Gasteiger partial charge >= 0.3 is 6.03 Å². The fourth-order valence-corrected chi connectivity index (χ4v) is 3.34. The summed E-state index contributed by atoms with van der Waals surface area (Å²) < 4.78 is 10.6. The lowest BCUT2D eigenvalue weighted by Gasteiger charge is -2.24. The number of methoxy groups -OCH3 is 1. The van der Waals surface area contributed by atoms with Gasteiger partial charge in [-0.05, 0) is 50.2 Å². The summed E-state index contributed by atoms with van der Waals surface area (Å²) in [6, 6.07) is 9.33. The molecule has 0 aliphatic carbocycles. The predicted molar refractivity (Wildman–Crippen MR) is 108 cm³/mol. The largest absolute Gasteiger partial charge is 0.497 e. The molecule has 0 bridgehead atoms. The number of likely N-dealkylation sites (N-methyl/N-ethyl adjacent to an activating group) is 1. The van der Waals surface area contributed by atoms with Gasteiger partial charge in [0.15, 0.2) is 5.76 Å². The van der Waals surface area contributed by atoms with Gasteiger partial charge in [0, 0.05) is 31.8 Å². The summed E-state index contributed by atoms with van der Waals surface area (Å²) in [4.78, 5) is 16.5. The summed E-state index contributed by atoms with van der Waals surface area (Å²) in [5, 5.41) is 6.96. The Balaban J connectivity index is 1.44. The van der Waals surface area contributed by atoms with Crippen LogP contribution in [0.2, 0.25) is 0 Å². The van der Waals surface area contributed by atoms with Gasteiger partial charge in [0.1, 0.15) is 11.4 Å². The first-order valence-electron chi connectivity index (χ1n) is 9.97. The van der Waals surface area contributed by atoms with Crippen molar-refractivity contribution in [2.45, 2.75) is 32.2 Å². The van der Waals surface area contributed by atoms with Crippen molar-refractivity contribution in [3.63, 3.8) is 0 Å². The molecule has 1 aliphatic rings. The highest BCUT2D eigenvalue weighted by molar-refractivity contribution is 5.73. The maximum absolute atomic E-state index is 12.3. The van der Waals surface area contributed by atoms with Crippen molar-refractivity contribution in [2.75, 3.05) is 40.3 Å². The van der Waals surface area contributed by atoms with E-state index in [0.29, 0.717) is 18.0 Å². The van der Waals surface area contributed by atoms with E-state index >= 15 is 0 Å². The van der Waals surface area contributed by atoms with Crippen molar-refractivity contribution in [3.8, 4) is 17.1 Å². The number of amides is 2. The molecule has 0 spiro atoms. The highest BCUT2D eigenvalue weighted by Crippen LogP contribution is 2.23. The summed E-state index contributed by atoms with van der Waals surface area (Å²) in [5.41, 5.74) is 1.61. The molecule has 0 radical (unpaired) electrons. The van der Waals surface area contributed by atoms with E-state index in [-0.39, 0.29) is 6.03 Å². The molecule has 1 N–H and O–H groups in total. The lowest BCUT2D eigenvalue weighted by Crippen LogP contribution is -2.41. The Hall–Kier alpha value is -2.54. The van der Waals surface area contributed by atoms with Gasteiger partial charge in [-0.15, -0.1) is 0 Å². The normalized spacial score (nSPS) is 15.1. The van der Waals surface area contributed by atoms with Gasteiger partial charge in [-0.25, -0.2) is 4.79 Å². The van der Waals surface area contributed by atoms with Crippen LogP contribution in [0.15, 0.2) is 34.9 Å². The maximum atomic E-state index is 12.3. The van der Waals surface area contributed by atoms with Crippen LogP contribution in [0.3, 0.4) is 0 Å². The molecule has 3 rings (SSSR count). The standard InChI is InChI=1S/C21H30N4O3/c1-24(13-14-25-11-5-3-4-6-12-25)21(26)22-16-18-15-20(28-23-18)17-7-9-19(27-2)10-8-17/h7-10,15H,3-6,11-14,16H2,1-2H3,(H,22,26). The van der Waals surface area contributed by atoms with Gasteiger partial charge in [0.2, 0.25) is 0 Å². The van der Waals surface area contributed by atoms with Crippen LogP contribution in [-0.4, -0.2) is 61.3 Å². The molecule has 2 amide bonds. The van der Waals surface area contributed by atoms with E-state index in [1.807, 2.05) is 37.4 Å². The molecule has 2 aromatic rings. The third-order valence-corrected chi connectivity index (χ3v) is 5.15. The number of likely N-dealkylation sites (tertiary alicyclic amines) is 1. The molecule has 1 aromatic carbocycles. The second-order valence-electron chi connectivity index (χ2n) is 7.25. The Kier molecular flexibility index (Phi) is 7.31.